The first-order valence-electron chi connectivity index (χ1n) is 5.05. The summed E-state index contributed by atoms with van der Waals surface area (Å²) in [7, 11) is 0. The van der Waals surface area contributed by atoms with E-state index in [1.807, 2.05) is 11.4 Å². The van der Waals surface area contributed by atoms with Gasteiger partial charge < -0.3 is 0 Å². The highest BCUT2D eigenvalue weighted by molar-refractivity contribution is 8.00. The Morgan fingerprint density at radius 1 is 1.62 bits per heavy atom. The Hall–Kier alpha value is -0.460. The zero-order valence-electron chi connectivity index (χ0n) is 8.42. The zero-order chi connectivity index (χ0) is 11.1. The normalized spacial score (nSPS) is 19.9. The maximum Gasteiger partial charge on any atom is 0.272 e. The molecule has 0 aromatic carbocycles. The van der Waals surface area contributed by atoms with E-state index >= 15 is 0 Å². The standard InChI is InChI=1S/C10H10N2OS3/c13-9-8-7(2-4-15-8)11-10-12(9)3-1-6(5-14)16-10/h2,4,6,14H,1,3,5H2/t6-/m1/s1. The minimum absolute atomic E-state index is 0.111. The van der Waals surface area contributed by atoms with Crippen molar-refractivity contribution < 1.29 is 0 Å². The molecule has 0 fully saturated rings. The van der Waals surface area contributed by atoms with Crippen LogP contribution in [0.25, 0.3) is 10.2 Å². The molecule has 0 bridgehead atoms. The van der Waals surface area contributed by atoms with Crippen LogP contribution in [0.1, 0.15) is 6.42 Å². The van der Waals surface area contributed by atoms with Gasteiger partial charge >= 0.3 is 0 Å². The van der Waals surface area contributed by atoms with Gasteiger partial charge in [-0.15, -0.1) is 11.3 Å². The van der Waals surface area contributed by atoms with E-state index in [1.54, 1.807) is 16.3 Å². The Labute approximate surface area is 106 Å². The number of thiophene rings is 1. The van der Waals surface area contributed by atoms with Gasteiger partial charge in [0.15, 0.2) is 5.16 Å². The average molecular weight is 270 g/mol. The maximum atomic E-state index is 12.1. The third kappa shape index (κ3) is 1.59. The summed E-state index contributed by atoms with van der Waals surface area (Å²) in [5.74, 6) is 0.836. The molecule has 0 spiro atoms. The van der Waals surface area contributed by atoms with Crippen molar-refractivity contribution in [2.24, 2.45) is 0 Å². The summed E-state index contributed by atoms with van der Waals surface area (Å²) < 4.78 is 2.57. The first kappa shape index (κ1) is 10.7. The Kier molecular flexibility index (Phi) is 2.73. The predicted octanol–water partition coefficient (Wildman–Crippen LogP) is 2.25. The van der Waals surface area contributed by atoms with Gasteiger partial charge in [-0.2, -0.15) is 12.6 Å². The van der Waals surface area contributed by atoms with Gasteiger partial charge in [0.25, 0.3) is 5.56 Å². The highest BCUT2D eigenvalue weighted by Gasteiger charge is 2.21. The lowest BCUT2D eigenvalue weighted by molar-refractivity contribution is 0.543. The fourth-order valence-electron chi connectivity index (χ4n) is 1.82. The minimum atomic E-state index is 0.111. The summed E-state index contributed by atoms with van der Waals surface area (Å²) in [5.41, 5.74) is 0.939. The van der Waals surface area contributed by atoms with E-state index < -0.39 is 0 Å². The molecule has 0 unspecified atom stereocenters. The molecule has 16 heavy (non-hydrogen) atoms. The minimum Gasteiger partial charge on any atom is -0.286 e. The van der Waals surface area contributed by atoms with Crippen LogP contribution in [0.3, 0.4) is 0 Å². The fraction of sp³-hybridized carbons (Fsp3) is 0.400. The summed E-state index contributed by atoms with van der Waals surface area (Å²) in [6.45, 7) is 0.771. The smallest absolute Gasteiger partial charge is 0.272 e. The van der Waals surface area contributed by atoms with E-state index in [9.17, 15) is 4.79 Å². The number of hydrogen-bond donors (Lipinski definition) is 1. The van der Waals surface area contributed by atoms with Crippen molar-refractivity contribution in [3.05, 3.63) is 21.8 Å². The fourth-order valence-corrected chi connectivity index (χ4v) is 4.05. The van der Waals surface area contributed by atoms with E-state index in [0.29, 0.717) is 5.25 Å². The van der Waals surface area contributed by atoms with Crippen LogP contribution in [0.5, 0.6) is 0 Å². The third-order valence-electron chi connectivity index (χ3n) is 2.68. The second kappa shape index (κ2) is 4.09. The van der Waals surface area contributed by atoms with Gasteiger partial charge in [0.05, 0.1) is 5.52 Å². The lowest BCUT2D eigenvalue weighted by atomic mass is 10.3. The number of rotatable bonds is 1. The van der Waals surface area contributed by atoms with Crippen LogP contribution < -0.4 is 5.56 Å². The second-order valence-electron chi connectivity index (χ2n) is 3.70. The van der Waals surface area contributed by atoms with Crippen molar-refractivity contribution in [2.45, 2.75) is 23.4 Å². The number of fused-ring (bicyclic) bond motifs is 2. The number of thioether (sulfide) groups is 1. The molecule has 0 radical (unpaired) electrons. The number of aromatic nitrogens is 2. The monoisotopic (exact) mass is 270 g/mol. The van der Waals surface area contributed by atoms with Crippen LogP contribution in [0, 0.1) is 0 Å². The van der Waals surface area contributed by atoms with Gasteiger partial charge in [0.1, 0.15) is 4.70 Å². The summed E-state index contributed by atoms with van der Waals surface area (Å²) in [4.78, 5) is 16.7. The van der Waals surface area contributed by atoms with Crippen molar-refractivity contribution in [3.8, 4) is 0 Å². The molecule has 84 valence electrons. The van der Waals surface area contributed by atoms with Gasteiger partial charge in [-0.1, -0.05) is 11.8 Å². The van der Waals surface area contributed by atoms with Crippen LogP contribution in [-0.2, 0) is 6.54 Å². The molecule has 2 aromatic heterocycles. The molecule has 0 N–H and O–H groups in total. The Morgan fingerprint density at radius 3 is 3.31 bits per heavy atom. The second-order valence-corrected chi connectivity index (χ2v) is 6.25. The zero-order valence-corrected chi connectivity index (χ0v) is 10.9. The Morgan fingerprint density at radius 2 is 2.50 bits per heavy atom. The lowest BCUT2D eigenvalue weighted by Crippen LogP contribution is -2.29. The molecule has 0 amide bonds. The maximum absolute atomic E-state index is 12.1. The Bertz CT molecular complexity index is 589. The van der Waals surface area contributed by atoms with Crippen molar-refractivity contribution in [2.75, 3.05) is 5.75 Å². The molecule has 0 aliphatic carbocycles. The van der Waals surface area contributed by atoms with Crippen molar-refractivity contribution in [1.82, 2.24) is 9.55 Å². The molecule has 2 aromatic rings. The molecule has 3 nitrogen and oxygen atoms in total. The van der Waals surface area contributed by atoms with E-state index in [2.05, 4.69) is 17.6 Å². The third-order valence-corrected chi connectivity index (χ3v) is 5.52. The molecule has 3 heterocycles. The van der Waals surface area contributed by atoms with Gasteiger partial charge in [-0.3, -0.25) is 9.36 Å². The molecular weight excluding hydrogens is 260 g/mol. The first-order valence-corrected chi connectivity index (χ1v) is 7.44. The summed E-state index contributed by atoms with van der Waals surface area (Å²) in [5, 5.41) is 3.25. The molecule has 0 saturated carbocycles. The van der Waals surface area contributed by atoms with E-state index in [4.69, 9.17) is 0 Å². The molecule has 0 saturated heterocycles. The molecule has 1 aliphatic rings. The van der Waals surface area contributed by atoms with Crippen LogP contribution in [0.15, 0.2) is 21.4 Å². The van der Waals surface area contributed by atoms with E-state index in [0.717, 1.165) is 34.1 Å². The van der Waals surface area contributed by atoms with E-state index in [-0.39, 0.29) is 5.56 Å². The van der Waals surface area contributed by atoms with Crippen molar-refractivity contribution in [3.63, 3.8) is 0 Å². The van der Waals surface area contributed by atoms with Gasteiger partial charge in [-0.05, 0) is 17.9 Å². The highest BCUT2D eigenvalue weighted by atomic mass is 32.2. The first-order chi connectivity index (χ1) is 7.79. The van der Waals surface area contributed by atoms with E-state index in [1.165, 1.54) is 11.3 Å². The van der Waals surface area contributed by atoms with Crippen LogP contribution >= 0.6 is 35.7 Å². The van der Waals surface area contributed by atoms with Crippen LogP contribution in [0.2, 0.25) is 0 Å². The molecule has 3 rings (SSSR count). The average Bonchev–Trinajstić information content (AvgIpc) is 2.77. The SMILES string of the molecule is O=c1c2sccc2nc2n1CC[C@H](CS)S2. The summed E-state index contributed by atoms with van der Waals surface area (Å²) >= 11 is 7.45. The lowest BCUT2D eigenvalue weighted by Gasteiger charge is -2.22. The quantitative estimate of drug-likeness (QED) is 0.637. The highest BCUT2D eigenvalue weighted by Crippen LogP contribution is 2.30. The number of hydrogen-bond acceptors (Lipinski definition) is 5. The molecule has 6 heteroatoms. The topological polar surface area (TPSA) is 34.9 Å². The number of thiol groups is 1. The van der Waals surface area contributed by atoms with Crippen molar-refractivity contribution in [1.29, 1.82) is 0 Å². The Balaban J connectivity index is 2.20. The molecule has 1 atom stereocenters. The van der Waals surface area contributed by atoms with Gasteiger partial charge in [-0.25, -0.2) is 4.98 Å². The van der Waals surface area contributed by atoms with Crippen LogP contribution in [0.4, 0.5) is 0 Å². The molecular formula is C10H10N2OS3. The number of nitrogens with zero attached hydrogens (tertiary/aromatic N) is 2. The molecule has 1 aliphatic heterocycles. The van der Waals surface area contributed by atoms with Crippen LogP contribution in [-0.4, -0.2) is 20.6 Å². The largest absolute Gasteiger partial charge is 0.286 e. The summed E-state index contributed by atoms with van der Waals surface area (Å²) in [6.07, 6.45) is 1.000. The van der Waals surface area contributed by atoms with Crippen molar-refractivity contribution >= 4 is 45.9 Å². The van der Waals surface area contributed by atoms with Gasteiger partial charge in [0, 0.05) is 17.5 Å². The predicted molar refractivity (Wildman–Crippen MR) is 72.0 cm³/mol. The summed E-state index contributed by atoms with van der Waals surface area (Å²) in [6, 6.07) is 1.91. The van der Waals surface area contributed by atoms with Gasteiger partial charge in [0.2, 0.25) is 0 Å².